The minimum Gasteiger partial charge on any atom is -0.596 e. The standard InChI is InChI=1S/C30H50N5O8P.C22H26N2O8.C21H33N3O7.C6H11N.C3H7ClNOP/c1-7-25-26(43-44(41-16-9-12-31)35(21(2)3)22(4)5)27(29(42-25)34-20-23(6)28(37)32-30(34)38)40-17-11-24(36)10-8-13-33-14-18-39-19-15-33;1-4-15-17(26)18(31-11-10-16(25)30-3)21(32-15)23-12-13(2)19(27)24(22(23)29)20(28)14-8-6-5-7-9-14;1-3-16-17(26)18(20(31-16)24-13-14(2)19(27)22-21(24)28)30-10-6-15(25)5-4-7-23-8-11-29-12-9-23;1-6(2)4-3-5-7;1-3(2)5-7(4)6/h20-22,25-27,29H,7-11,13-19H2,1-6H3,(H,32,37,38);5-9,12,15,17-18,21,26H,4,10-11H2,1-3H3;13,16-18,20,26H,3-12H2,1-2H3,(H,22,27,28);6H,3-4H2,1-2H3;3H,1-2H3/t25-,26?,27+,29-,44?;15-,17?,18+,21-;16-,17?,18+,20-;;/m111../s1. The van der Waals surface area contributed by atoms with Gasteiger partial charge in [-0.2, -0.15) is 15.1 Å². The Morgan fingerprint density at radius 2 is 1.06 bits per heavy atom. The number of morpholine rings is 2. The number of hydrogen-bond donors (Lipinski definition) is 4. The van der Waals surface area contributed by atoms with E-state index >= 15 is 0 Å². The Balaban J connectivity index is 0.000000302. The Hall–Kier alpha value is -7.10. The van der Waals surface area contributed by atoms with Gasteiger partial charge < -0.3 is 66.8 Å². The minimum absolute atomic E-state index is 0.0524. The lowest BCUT2D eigenvalue weighted by molar-refractivity contribution is -0.150. The van der Waals surface area contributed by atoms with Crippen LogP contribution in [0.5, 0.6) is 0 Å². The summed E-state index contributed by atoms with van der Waals surface area (Å²) in [5, 5.41) is 38.5. The quantitative estimate of drug-likeness (QED) is 0.0194. The lowest BCUT2D eigenvalue weighted by Crippen LogP contribution is -2.47. The van der Waals surface area contributed by atoms with Crippen LogP contribution in [0.25, 0.3) is 0 Å². The van der Waals surface area contributed by atoms with Crippen molar-refractivity contribution in [3.63, 3.8) is 0 Å². The number of hydrogen-bond acceptors (Lipinski definition) is 30. The van der Waals surface area contributed by atoms with E-state index < -0.39 is 135 Å². The Morgan fingerprint density at radius 1 is 0.620 bits per heavy atom. The number of rotatable bonds is 38. The fourth-order valence-corrected chi connectivity index (χ4v) is 16.3. The van der Waals surface area contributed by atoms with Crippen molar-refractivity contribution in [3.8, 4) is 12.1 Å². The first-order valence-corrected chi connectivity index (χ1v) is 44.8. The number of methoxy groups -OCH3 is 1. The second-order valence-electron chi connectivity index (χ2n) is 30.8. The van der Waals surface area contributed by atoms with Crippen LogP contribution in [-0.2, 0) is 66.1 Å². The van der Waals surface area contributed by atoms with Gasteiger partial charge in [-0.05, 0) is 132 Å². The number of aromatic amines is 2. The molecular formula is C82H127ClN12O24P2. The molecule has 39 heteroatoms. The van der Waals surface area contributed by atoms with E-state index in [-0.39, 0.29) is 92.9 Å². The molecule has 4 N–H and O–H groups in total. The molecule has 8 heterocycles. The van der Waals surface area contributed by atoms with Gasteiger partial charge in [-0.15, -0.1) is 0 Å². The zero-order valence-electron chi connectivity index (χ0n) is 72.6. The number of halogens is 1. The maximum atomic E-state index is 13.2. The molecule has 4 aromatic rings. The molecule has 5 unspecified atom stereocenters. The van der Waals surface area contributed by atoms with Crippen LogP contribution >= 0.6 is 27.1 Å². The summed E-state index contributed by atoms with van der Waals surface area (Å²) in [6.45, 7) is 35.1. The number of ether oxygens (including phenoxy) is 9. The van der Waals surface area contributed by atoms with Crippen molar-refractivity contribution in [2.24, 2.45) is 10.7 Å². The second-order valence-corrected chi connectivity index (χ2v) is 33.8. The number of nitrogens with one attached hydrogen (secondary N) is 2. The van der Waals surface area contributed by atoms with E-state index in [1.807, 2.05) is 27.7 Å². The number of ketones is 2. The number of carbonyl (C=O) groups excluding carboxylic acids is 4. The maximum Gasteiger partial charge on any atom is 0.340 e. The average Bonchev–Trinajstić information content (AvgIpc) is 1.70. The van der Waals surface area contributed by atoms with Crippen molar-refractivity contribution in [1.29, 1.82) is 10.5 Å². The van der Waals surface area contributed by atoms with E-state index in [0.29, 0.717) is 60.1 Å². The van der Waals surface area contributed by atoms with Gasteiger partial charge in [0.25, 0.3) is 38.4 Å². The Morgan fingerprint density at radius 3 is 1.47 bits per heavy atom. The van der Waals surface area contributed by atoms with Crippen LogP contribution in [0.4, 0.5) is 0 Å². The topological polar surface area (TPSA) is 457 Å². The van der Waals surface area contributed by atoms with E-state index in [9.17, 15) is 63.1 Å². The van der Waals surface area contributed by atoms with Gasteiger partial charge in [0.15, 0.2) is 29.9 Å². The maximum absolute atomic E-state index is 13.2. The van der Waals surface area contributed by atoms with Gasteiger partial charge in [0.1, 0.15) is 48.2 Å². The third-order valence-electron chi connectivity index (χ3n) is 20.1. The summed E-state index contributed by atoms with van der Waals surface area (Å²) in [7, 11) is -2.18. The Bertz CT molecular complexity index is 4330. The fraction of sp³-hybridized carbons (Fsp3) is 0.707. The van der Waals surface area contributed by atoms with Gasteiger partial charge in [0, 0.05) is 111 Å². The lowest BCUT2D eigenvalue weighted by atomic mass is 10.1. The van der Waals surface area contributed by atoms with Crippen molar-refractivity contribution >= 4 is 50.5 Å². The number of carbonyl (C=O) groups is 4. The highest BCUT2D eigenvalue weighted by atomic mass is 35.7. The lowest BCUT2D eigenvalue weighted by Gasteiger charge is -2.38. The number of aliphatic hydroxyl groups is 2. The highest BCUT2D eigenvalue weighted by molar-refractivity contribution is 7.69. The molecule has 0 spiro atoms. The highest BCUT2D eigenvalue weighted by Gasteiger charge is 2.51. The van der Waals surface area contributed by atoms with Crippen LogP contribution < -0.4 is 38.6 Å². The molecule has 36 nitrogen and oxygen atoms in total. The van der Waals surface area contributed by atoms with Crippen LogP contribution in [0, 0.1) is 49.4 Å². The number of Topliss-reactive ketones (excluding diaryl/α,β-unsaturated/α-hetero) is 2. The number of esters is 1. The molecule has 0 bridgehead atoms. The molecule has 1 aromatic carbocycles. The molecule has 0 amide bonds. The molecule has 676 valence electrons. The molecule has 5 aliphatic heterocycles. The first-order valence-electron chi connectivity index (χ1n) is 41.6. The van der Waals surface area contributed by atoms with Gasteiger partial charge in [-0.1, -0.05) is 57.6 Å². The number of nitriles is 2. The van der Waals surface area contributed by atoms with E-state index in [2.05, 4.69) is 87.6 Å². The SMILES string of the molecule is CC(C)CCC#N.CC(C)N=[P+]([O-])Cl.CC[C@H]1O[C@@H](n2cc(C)c(=O)[nH]c2=O)[C@@H](OCCC(=O)CCCN2CCOCC2)C1O.CC[C@H]1O[C@@H](n2cc(C)c(=O)[nH]c2=O)[C@@H](OCCC(=O)CCCN2CCOCC2)C1OP(OCCC#N)N(C(C)C)C(C)C.CC[C@H]1O[C@@H](n2cc(C)c(=O)n(C(=O)c3ccccc3)c2=O)[C@@H](OCCC(=O)OC)C1O. The normalized spacial score (nSPS) is 22.7. The Labute approximate surface area is 714 Å². The molecule has 5 aliphatic rings. The van der Waals surface area contributed by atoms with Crippen LogP contribution in [0.1, 0.15) is 205 Å². The predicted molar refractivity (Wildman–Crippen MR) is 451 cm³/mol. The van der Waals surface area contributed by atoms with Crippen molar-refractivity contribution in [2.45, 2.75) is 272 Å². The monoisotopic (exact) mass is 1760 g/mol. The summed E-state index contributed by atoms with van der Waals surface area (Å²) in [6.07, 6.45) is 0.817. The van der Waals surface area contributed by atoms with Gasteiger partial charge in [0.05, 0.1) is 109 Å². The third-order valence-corrected chi connectivity index (χ3v) is 23.1. The number of aromatic nitrogens is 6. The molecule has 9 rings (SSSR count). The largest absolute Gasteiger partial charge is 0.596 e. The molecule has 121 heavy (non-hydrogen) atoms. The van der Waals surface area contributed by atoms with Crippen molar-refractivity contribution in [2.75, 3.05) is 99.2 Å². The molecule has 14 atom stereocenters. The summed E-state index contributed by atoms with van der Waals surface area (Å²) >= 11 is 5.02. The molecule has 5 fully saturated rings. The second kappa shape index (κ2) is 54.6. The summed E-state index contributed by atoms with van der Waals surface area (Å²) in [5.74, 6) is -0.381. The predicted octanol–water partition coefficient (Wildman–Crippen LogP) is 7.30. The zero-order chi connectivity index (χ0) is 89.6. The average molecular weight is 1760 g/mol. The molecule has 0 aliphatic carbocycles. The van der Waals surface area contributed by atoms with Gasteiger partial charge in [-0.3, -0.25) is 67.0 Å². The van der Waals surface area contributed by atoms with Crippen LogP contribution in [0.15, 0.2) is 82.4 Å². The molecule has 5 saturated heterocycles. The van der Waals surface area contributed by atoms with Gasteiger partial charge in [0.2, 0.25) is 0 Å². The zero-order valence-corrected chi connectivity index (χ0v) is 75.1. The van der Waals surface area contributed by atoms with Crippen LogP contribution in [0.2, 0.25) is 0 Å². The molecule has 0 radical (unpaired) electrons. The van der Waals surface area contributed by atoms with E-state index in [0.717, 1.165) is 89.5 Å². The number of aryl methyl sites for hydroxylation is 3. The summed E-state index contributed by atoms with van der Waals surface area (Å²) in [5.41, 5.74) is -2.81. The van der Waals surface area contributed by atoms with E-state index in [4.69, 9.17) is 68.7 Å². The minimum atomic E-state index is -1.79. The molecule has 0 saturated carbocycles. The van der Waals surface area contributed by atoms with Gasteiger partial charge >= 0.3 is 23.0 Å². The van der Waals surface area contributed by atoms with Crippen LogP contribution in [0.3, 0.4) is 0 Å². The number of aliphatic hydroxyl groups excluding tert-OH is 2. The van der Waals surface area contributed by atoms with Gasteiger partial charge in [-0.25, -0.2) is 19.1 Å². The van der Waals surface area contributed by atoms with E-state index in [1.165, 1.54) is 53.9 Å². The van der Waals surface area contributed by atoms with Crippen molar-refractivity contribution in [1.82, 2.24) is 42.7 Å². The highest BCUT2D eigenvalue weighted by Crippen LogP contribution is 2.51. The molecular weight excluding hydrogens is 1630 g/mol. The van der Waals surface area contributed by atoms with Crippen molar-refractivity contribution in [3.05, 3.63) is 134 Å². The number of nitrogens with zero attached hydrogens (tertiary/aromatic N) is 10. The van der Waals surface area contributed by atoms with Crippen LogP contribution in [-0.4, -0.2) is 249 Å². The third kappa shape index (κ3) is 33.4. The molecule has 3 aromatic heterocycles. The smallest absolute Gasteiger partial charge is 0.340 e. The Kier molecular flexibility index (Phi) is 47.1. The number of benzene rings is 1. The summed E-state index contributed by atoms with van der Waals surface area (Å²) in [6, 6.07) is 12.4. The first-order chi connectivity index (χ1) is 57.7. The first kappa shape index (κ1) is 104. The van der Waals surface area contributed by atoms with E-state index in [1.54, 1.807) is 39.0 Å². The fourth-order valence-electron chi connectivity index (χ4n) is 13.6. The number of H-pyrrole nitrogens is 2. The summed E-state index contributed by atoms with van der Waals surface area (Å²) in [4.78, 5) is 143. The van der Waals surface area contributed by atoms with Crippen molar-refractivity contribution < 1.29 is 86.0 Å². The summed E-state index contributed by atoms with van der Waals surface area (Å²) < 4.78 is 74.0.